The van der Waals surface area contributed by atoms with Crippen molar-refractivity contribution >= 4 is 47.0 Å². The van der Waals surface area contributed by atoms with Crippen LogP contribution in [-0.2, 0) is 9.22 Å². The Kier molecular flexibility index (Phi) is 8.35. The van der Waals surface area contributed by atoms with E-state index in [1.54, 1.807) is 6.26 Å². The summed E-state index contributed by atoms with van der Waals surface area (Å²) >= 11 is 1.27. The number of halogens is 3. The summed E-state index contributed by atoms with van der Waals surface area (Å²) in [5, 5.41) is 2.33. The Hall–Kier alpha value is -3.08. The maximum atomic E-state index is 13.4. The lowest BCUT2D eigenvalue weighted by Gasteiger charge is -2.45. The average Bonchev–Trinajstić information content (AvgIpc) is 3.45. The highest BCUT2D eigenvalue weighted by Gasteiger charge is 2.61. The first kappa shape index (κ1) is 30.4. The maximum Gasteiger partial charge on any atom is 0.573 e. The molecule has 1 heterocycles. The highest BCUT2D eigenvalue weighted by atomic mass is 32.2. The van der Waals surface area contributed by atoms with E-state index in [1.807, 2.05) is 12.1 Å². The molecule has 10 heteroatoms. The fourth-order valence-corrected chi connectivity index (χ4v) is 11.8. The average molecular weight is 613 g/mol. The molecule has 1 aromatic heterocycles. The van der Waals surface area contributed by atoms with Gasteiger partial charge in [-0.1, -0.05) is 81.4 Å². The number of carbonyl (C=O) groups excluding carboxylic acids is 1. The molecule has 222 valence electrons. The summed E-state index contributed by atoms with van der Waals surface area (Å²) in [7, 11) is -2.69. The number of ketones is 1. The monoisotopic (exact) mass is 612 g/mol. The normalized spacial score (nSPS) is 22.5. The molecule has 2 unspecified atom stereocenters. The number of allylic oxidation sites excluding steroid dienone is 1. The smallest absolute Gasteiger partial charge is 0.404 e. The van der Waals surface area contributed by atoms with Crippen LogP contribution in [0.3, 0.4) is 0 Å². The van der Waals surface area contributed by atoms with Gasteiger partial charge < -0.3 is 14.9 Å². The second-order valence-corrected chi connectivity index (χ2v) is 17.1. The van der Waals surface area contributed by atoms with Gasteiger partial charge in [0.05, 0.1) is 0 Å². The number of carbonyl (C=O) groups is 1. The van der Waals surface area contributed by atoms with Gasteiger partial charge in [0.2, 0.25) is 0 Å². The second-order valence-electron chi connectivity index (χ2n) is 12.0. The van der Waals surface area contributed by atoms with E-state index in [0.29, 0.717) is 10.5 Å². The molecular formula is C32H35F3N2O3SSi. The molecule has 2 N–H and O–H groups in total. The molecule has 0 bridgehead atoms. The lowest BCUT2D eigenvalue weighted by Crippen LogP contribution is -2.67. The molecule has 2 aliphatic carbocycles. The Morgan fingerprint density at radius 2 is 1.55 bits per heavy atom. The summed E-state index contributed by atoms with van der Waals surface area (Å²) in [6, 6.07) is 22.2. The third-order valence-corrected chi connectivity index (χ3v) is 14.3. The molecule has 0 saturated heterocycles. The summed E-state index contributed by atoms with van der Waals surface area (Å²) in [6.07, 6.45) is 1.41. The van der Waals surface area contributed by atoms with Gasteiger partial charge in [0, 0.05) is 28.7 Å². The molecule has 2 atom stereocenters. The van der Waals surface area contributed by atoms with Crippen LogP contribution in [0.2, 0.25) is 5.04 Å². The van der Waals surface area contributed by atoms with E-state index >= 15 is 0 Å². The molecule has 5 rings (SSSR count). The summed E-state index contributed by atoms with van der Waals surface area (Å²) in [5.74, 6) is -0.625. The SMILES string of the molecule is CS/C(=C/C(=O)C1C2CC(O[Si](c3ccccc3)(c3ccccc3)C(C)(C)C)CC21)c1cnc(N)c(OC(F)(F)F)c1. The summed E-state index contributed by atoms with van der Waals surface area (Å²) in [6.45, 7) is 6.77. The molecule has 2 saturated carbocycles. The number of nitrogens with two attached hydrogens (primary N) is 1. The van der Waals surface area contributed by atoms with E-state index < -0.39 is 20.4 Å². The van der Waals surface area contributed by atoms with Crippen LogP contribution < -0.4 is 20.8 Å². The molecule has 0 spiro atoms. The number of nitrogens with zero attached hydrogens (tertiary/aromatic N) is 1. The largest absolute Gasteiger partial charge is 0.573 e. The summed E-state index contributed by atoms with van der Waals surface area (Å²) in [4.78, 5) is 17.7. The fourth-order valence-electron chi connectivity index (χ4n) is 6.53. The van der Waals surface area contributed by atoms with Crippen LogP contribution in [0.15, 0.2) is 79.0 Å². The van der Waals surface area contributed by atoms with Crippen molar-refractivity contribution in [3.8, 4) is 5.75 Å². The van der Waals surface area contributed by atoms with E-state index in [0.717, 1.165) is 12.8 Å². The summed E-state index contributed by atoms with van der Waals surface area (Å²) in [5.41, 5.74) is 5.93. The zero-order chi connectivity index (χ0) is 30.3. The van der Waals surface area contributed by atoms with E-state index in [9.17, 15) is 18.0 Å². The van der Waals surface area contributed by atoms with Gasteiger partial charge in [-0.2, -0.15) is 0 Å². The molecule has 3 aromatic rings. The minimum absolute atomic E-state index is 0.0200. The number of nitrogen functional groups attached to an aromatic ring is 1. The van der Waals surface area contributed by atoms with E-state index in [1.165, 1.54) is 40.5 Å². The number of pyridine rings is 1. The van der Waals surface area contributed by atoms with Crippen LogP contribution in [0.5, 0.6) is 5.75 Å². The van der Waals surface area contributed by atoms with Crippen molar-refractivity contribution in [2.75, 3.05) is 12.0 Å². The molecule has 2 aromatic carbocycles. The topological polar surface area (TPSA) is 74.4 Å². The zero-order valence-electron chi connectivity index (χ0n) is 24.0. The van der Waals surface area contributed by atoms with Crippen LogP contribution in [0, 0.1) is 17.8 Å². The van der Waals surface area contributed by atoms with Gasteiger partial charge in [0.1, 0.15) is 0 Å². The number of alkyl halides is 3. The Bertz CT molecular complexity index is 1410. The van der Waals surface area contributed by atoms with Crippen molar-refractivity contribution in [2.45, 2.75) is 51.1 Å². The third-order valence-electron chi connectivity index (χ3n) is 8.38. The van der Waals surface area contributed by atoms with Gasteiger partial charge in [0.15, 0.2) is 17.4 Å². The van der Waals surface area contributed by atoms with Crippen LogP contribution in [0.4, 0.5) is 19.0 Å². The second kappa shape index (κ2) is 11.5. The molecule has 0 aliphatic heterocycles. The Balaban J connectivity index is 1.34. The number of hydrogen-bond acceptors (Lipinski definition) is 6. The van der Waals surface area contributed by atoms with Crippen molar-refractivity contribution in [1.29, 1.82) is 0 Å². The van der Waals surface area contributed by atoms with Crippen LogP contribution >= 0.6 is 11.8 Å². The minimum atomic E-state index is -4.90. The first-order valence-corrected chi connectivity index (χ1v) is 17.1. The zero-order valence-corrected chi connectivity index (χ0v) is 25.8. The molecular weight excluding hydrogens is 578 g/mol. The number of rotatable bonds is 9. The molecule has 5 nitrogen and oxygen atoms in total. The van der Waals surface area contributed by atoms with E-state index in [2.05, 4.69) is 79.0 Å². The quantitative estimate of drug-likeness (QED) is 0.222. The number of benzene rings is 2. The van der Waals surface area contributed by atoms with Crippen molar-refractivity contribution < 1.29 is 27.1 Å². The number of ether oxygens (including phenoxy) is 1. The predicted molar refractivity (Wildman–Crippen MR) is 164 cm³/mol. The van der Waals surface area contributed by atoms with Crippen molar-refractivity contribution in [3.05, 3.63) is 84.6 Å². The highest BCUT2D eigenvalue weighted by Crippen LogP contribution is 2.59. The third kappa shape index (κ3) is 6.02. The van der Waals surface area contributed by atoms with Crippen molar-refractivity contribution in [1.82, 2.24) is 4.98 Å². The summed E-state index contributed by atoms with van der Waals surface area (Å²) < 4.78 is 49.7. The maximum absolute atomic E-state index is 13.4. The first-order valence-electron chi connectivity index (χ1n) is 13.9. The lowest BCUT2D eigenvalue weighted by molar-refractivity contribution is -0.274. The lowest BCUT2D eigenvalue weighted by atomic mass is 10.1. The predicted octanol–water partition coefficient (Wildman–Crippen LogP) is 6.44. The van der Waals surface area contributed by atoms with Gasteiger partial charge in [-0.15, -0.1) is 24.9 Å². The molecule has 0 amide bonds. The molecule has 2 aliphatic rings. The van der Waals surface area contributed by atoms with E-state index in [-0.39, 0.29) is 40.5 Å². The number of thioether (sulfide) groups is 1. The van der Waals surface area contributed by atoms with Gasteiger partial charge in [-0.3, -0.25) is 4.79 Å². The molecule has 2 fully saturated rings. The Morgan fingerprint density at radius 1 is 1.00 bits per heavy atom. The molecule has 0 radical (unpaired) electrons. The number of hydrogen-bond donors (Lipinski definition) is 1. The standard InChI is InChI=1S/C32H35F3N2O3SSi/c1-31(2,3)42(22-11-7-5-8-12-22,23-13-9-6-10-14-23)40-21-16-24-25(17-21)29(24)26(38)18-28(41-4)20-15-27(30(36)37-19-20)39-32(33,34)35/h5-15,18-19,21,24-25,29H,16-17H2,1-4H3,(H2,36,37)/b28-18+. The number of fused-ring (bicyclic) bond motifs is 1. The minimum Gasteiger partial charge on any atom is -0.404 e. The van der Waals surface area contributed by atoms with Crippen LogP contribution in [-0.4, -0.2) is 37.8 Å². The first-order chi connectivity index (χ1) is 19.8. The molecule has 42 heavy (non-hydrogen) atoms. The van der Waals surface area contributed by atoms with Gasteiger partial charge in [-0.25, -0.2) is 4.98 Å². The van der Waals surface area contributed by atoms with Crippen LogP contribution in [0.25, 0.3) is 4.91 Å². The van der Waals surface area contributed by atoms with Gasteiger partial charge in [-0.05, 0) is 58.5 Å². The van der Waals surface area contributed by atoms with Gasteiger partial charge in [0.25, 0.3) is 8.32 Å². The highest BCUT2D eigenvalue weighted by molar-refractivity contribution is 8.07. The Labute approximate surface area is 249 Å². The van der Waals surface area contributed by atoms with Crippen molar-refractivity contribution in [3.63, 3.8) is 0 Å². The Morgan fingerprint density at radius 3 is 2.02 bits per heavy atom. The van der Waals surface area contributed by atoms with E-state index in [4.69, 9.17) is 10.2 Å². The van der Waals surface area contributed by atoms with Crippen LogP contribution in [0.1, 0.15) is 39.2 Å². The van der Waals surface area contributed by atoms with Crippen molar-refractivity contribution in [2.24, 2.45) is 17.8 Å². The number of anilines is 1. The van der Waals surface area contributed by atoms with Gasteiger partial charge >= 0.3 is 6.36 Å². The fraction of sp³-hybridized carbons (Fsp3) is 0.375. The number of aromatic nitrogens is 1.